The molecule has 0 saturated carbocycles. The molecule has 0 bridgehead atoms. The fourth-order valence-corrected chi connectivity index (χ4v) is 4.63. The van der Waals surface area contributed by atoms with Crippen LogP contribution < -0.4 is 5.32 Å². The molecule has 1 unspecified atom stereocenters. The van der Waals surface area contributed by atoms with Crippen molar-refractivity contribution in [3.05, 3.63) is 47.5 Å². The summed E-state index contributed by atoms with van der Waals surface area (Å²) in [5.41, 5.74) is 2.04. The zero-order valence-electron chi connectivity index (χ0n) is 20.0. The minimum atomic E-state index is -0.627. The number of likely N-dealkylation sites (tertiary alicyclic amines) is 1. The lowest BCUT2D eigenvalue weighted by molar-refractivity contribution is -0.144. The van der Waals surface area contributed by atoms with Crippen LogP contribution in [0, 0.1) is 18.8 Å². The number of allylic oxidation sites excluding steroid dienone is 2. The van der Waals surface area contributed by atoms with Gasteiger partial charge in [0.15, 0.2) is 0 Å². The third kappa shape index (κ3) is 5.70. The molecule has 1 saturated heterocycles. The maximum absolute atomic E-state index is 13.4. The second kappa shape index (κ2) is 10.8. The number of rotatable bonds is 9. The molecule has 2 aliphatic rings. The van der Waals surface area contributed by atoms with Gasteiger partial charge in [-0.1, -0.05) is 48.9 Å². The van der Waals surface area contributed by atoms with E-state index >= 15 is 0 Å². The molecule has 1 aliphatic heterocycles. The van der Waals surface area contributed by atoms with Crippen molar-refractivity contribution in [2.24, 2.45) is 11.8 Å². The number of nitrogens with one attached hydrogen (secondary N) is 1. The van der Waals surface area contributed by atoms with E-state index in [4.69, 9.17) is 0 Å². The highest BCUT2D eigenvalue weighted by atomic mass is 16.2. The van der Waals surface area contributed by atoms with Crippen molar-refractivity contribution in [1.82, 2.24) is 15.1 Å². The molecule has 7 nitrogen and oxygen atoms in total. The minimum absolute atomic E-state index is 0.00166. The van der Waals surface area contributed by atoms with E-state index in [1.54, 1.807) is 4.90 Å². The lowest BCUT2D eigenvalue weighted by Gasteiger charge is -2.31. The Morgan fingerprint density at radius 2 is 1.64 bits per heavy atom. The second-order valence-corrected chi connectivity index (χ2v) is 9.33. The SMILES string of the molecule is CCC(C(=O)NC(C)C)N(Cc1ccc(C)cc1)C(=O)CCN1C(=O)[C@H]2CC=CC[C@H]2C1=O. The molecular formula is C26H35N3O4. The Morgan fingerprint density at radius 3 is 2.15 bits per heavy atom. The van der Waals surface area contributed by atoms with E-state index in [1.807, 2.05) is 64.1 Å². The first-order valence-electron chi connectivity index (χ1n) is 11.9. The Kier molecular flexibility index (Phi) is 8.06. The van der Waals surface area contributed by atoms with Crippen molar-refractivity contribution >= 4 is 23.6 Å². The molecule has 1 fully saturated rings. The van der Waals surface area contributed by atoms with Crippen LogP contribution in [0.15, 0.2) is 36.4 Å². The summed E-state index contributed by atoms with van der Waals surface area (Å²) in [4.78, 5) is 54.6. The standard InChI is InChI=1S/C26H35N3O4/c1-5-22(24(31)27-17(2)3)29(16-19-12-10-18(4)11-13-19)23(30)14-15-28-25(32)20-8-6-7-9-21(20)26(28)33/h6-7,10-13,17,20-22H,5,8-9,14-16H2,1-4H3,(H,27,31)/t20-,21+,22?. The molecule has 33 heavy (non-hydrogen) atoms. The van der Waals surface area contributed by atoms with Gasteiger partial charge in [0.25, 0.3) is 0 Å². The molecule has 1 aromatic rings. The van der Waals surface area contributed by atoms with E-state index in [9.17, 15) is 19.2 Å². The van der Waals surface area contributed by atoms with Gasteiger partial charge in [-0.3, -0.25) is 24.1 Å². The van der Waals surface area contributed by atoms with E-state index < -0.39 is 6.04 Å². The summed E-state index contributed by atoms with van der Waals surface area (Å²) in [7, 11) is 0. The highest BCUT2D eigenvalue weighted by molar-refractivity contribution is 6.05. The van der Waals surface area contributed by atoms with Crippen LogP contribution in [0.3, 0.4) is 0 Å². The fourth-order valence-electron chi connectivity index (χ4n) is 4.63. The smallest absolute Gasteiger partial charge is 0.243 e. The number of imide groups is 1. The molecule has 0 radical (unpaired) electrons. The number of nitrogens with zero attached hydrogens (tertiary/aromatic N) is 2. The Hall–Kier alpha value is -2.96. The van der Waals surface area contributed by atoms with Gasteiger partial charge >= 0.3 is 0 Å². The Balaban J connectivity index is 1.75. The van der Waals surface area contributed by atoms with Gasteiger partial charge in [0.1, 0.15) is 6.04 Å². The van der Waals surface area contributed by atoms with Gasteiger partial charge in [-0.2, -0.15) is 0 Å². The maximum Gasteiger partial charge on any atom is 0.243 e. The summed E-state index contributed by atoms with van der Waals surface area (Å²) in [6.45, 7) is 7.99. The largest absolute Gasteiger partial charge is 0.352 e. The first kappa shape index (κ1) is 24.7. The van der Waals surface area contributed by atoms with Crippen molar-refractivity contribution in [2.75, 3.05) is 6.54 Å². The third-order valence-electron chi connectivity index (χ3n) is 6.44. The van der Waals surface area contributed by atoms with Crippen molar-refractivity contribution in [1.29, 1.82) is 0 Å². The topological polar surface area (TPSA) is 86.8 Å². The number of hydrogen-bond donors (Lipinski definition) is 1. The van der Waals surface area contributed by atoms with Crippen LogP contribution in [0.2, 0.25) is 0 Å². The average Bonchev–Trinajstić information content (AvgIpc) is 3.02. The summed E-state index contributed by atoms with van der Waals surface area (Å²) >= 11 is 0. The Morgan fingerprint density at radius 1 is 1.06 bits per heavy atom. The quantitative estimate of drug-likeness (QED) is 0.460. The molecule has 3 rings (SSSR count). The summed E-state index contributed by atoms with van der Waals surface area (Å²) in [6.07, 6.45) is 5.52. The van der Waals surface area contributed by atoms with Crippen LogP contribution in [-0.4, -0.2) is 52.1 Å². The molecule has 7 heteroatoms. The van der Waals surface area contributed by atoms with E-state index in [0.29, 0.717) is 25.8 Å². The predicted molar refractivity (Wildman–Crippen MR) is 126 cm³/mol. The fraction of sp³-hybridized carbons (Fsp3) is 0.538. The Labute approximate surface area is 196 Å². The van der Waals surface area contributed by atoms with Crippen molar-refractivity contribution in [2.45, 2.75) is 72.0 Å². The summed E-state index contributed by atoms with van der Waals surface area (Å²) < 4.78 is 0. The number of amides is 4. The maximum atomic E-state index is 13.4. The van der Waals surface area contributed by atoms with Crippen LogP contribution >= 0.6 is 0 Å². The van der Waals surface area contributed by atoms with Crippen LogP contribution in [0.1, 0.15) is 57.6 Å². The second-order valence-electron chi connectivity index (χ2n) is 9.33. The van der Waals surface area contributed by atoms with E-state index in [2.05, 4.69) is 5.32 Å². The third-order valence-corrected chi connectivity index (χ3v) is 6.44. The van der Waals surface area contributed by atoms with Crippen LogP contribution in [0.4, 0.5) is 0 Å². The first-order valence-corrected chi connectivity index (χ1v) is 11.9. The first-order chi connectivity index (χ1) is 15.7. The lowest BCUT2D eigenvalue weighted by Crippen LogP contribution is -2.51. The van der Waals surface area contributed by atoms with Gasteiger partial charge in [0.2, 0.25) is 23.6 Å². The van der Waals surface area contributed by atoms with Crippen LogP contribution in [0.5, 0.6) is 0 Å². The zero-order valence-corrected chi connectivity index (χ0v) is 20.0. The van der Waals surface area contributed by atoms with Crippen LogP contribution in [-0.2, 0) is 25.7 Å². The van der Waals surface area contributed by atoms with Gasteiger partial charge in [-0.25, -0.2) is 0 Å². The van der Waals surface area contributed by atoms with Gasteiger partial charge in [-0.05, 0) is 45.6 Å². The number of hydrogen-bond acceptors (Lipinski definition) is 4. The van der Waals surface area contributed by atoms with Crippen molar-refractivity contribution in [3.8, 4) is 0 Å². The van der Waals surface area contributed by atoms with Crippen molar-refractivity contribution < 1.29 is 19.2 Å². The molecule has 4 amide bonds. The summed E-state index contributed by atoms with van der Waals surface area (Å²) in [6, 6.07) is 7.19. The van der Waals surface area contributed by atoms with Gasteiger partial charge in [0.05, 0.1) is 11.8 Å². The number of carbonyl (C=O) groups excluding carboxylic acids is 4. The van der Waals surface area contributed by atoms with E-state index in [-0.39, 0.29) is 54.5 Å². The Bertz CT molecular complexity index is 896. The molecule has 1 aliphatic carbocycles. The number of fused-ring (bicyclic) bond motifs is 1. The molecule has 0 aromatic heterocycles. The monoisotopic (exact) mass is 453 g/mol. The molecule has 1 N–H and O–H groups in total. The molecule has 178 valence electrons. The number of benzene rings is 1. The summed E-state index contributed by atoms with van der Waals surface area (Å²) in [5.74, 6) is -1.41. The number of aryl methyl sites for hydroxylation is 1. The molecule has 1 heterocycles. The number of carbonyl (C=O) groups is 4. The van der Waals surface area contributed by atoms with E-state index in [1.165, 1.54) is 4.90 Å². The average molecular weight is 454 g/mol. The highest BCUT2D eigenvalue weighted by Crippen LogP contribution is 2.35. The summed E-state index contributed by atoms with van der Waals surface area (Å²) in [5, 5.41) is 2.91. The normalized spacial score (nSPS) is 20.7. The van der Waals surface area contributed by atoms with Crippen LogP contribution in [0.25, 0.3) is 0 Å². The molecule has 3 atom stereocenters. The van der Waals surface area contributed by atoms with E-state index in [0.717, 1.165) is 11.1 Å². The van der Waals surface area contributed by atoms with Crippen molar-refractivity contribution in [3.63, 3.8) is 0 Å². The highest BCUT2D eigenvalue weighted by Gasteiger charge is 2.47. The molecule has 1 aromatic carbocycles. The van der Waals surface area contributed by atoms with Gasteiger partial charge in [0, 0.05) is 25.6 Å². The lowest BCUT2D eigenvalue weighted by atomic mass is 9.85. The molecule has 0 spiro atoms. The zero-order chi connectivity index (χ0) is 24.1. The van der Waals surface area contributed by atoms with Gasteiger partial charge in [-0.15, -0.1) is 0 Å². The predicted octanol–water partition coefficient (Wildman–Crippen LogP) is 2.97. The van der Waals surface area contributed by atoms with Gasteiger partial charge < -0.3 is 10.2 Å². The molecular weight excluding hydrogens is 418 g/mol. The minimum Gasteiger partial charge on any atom is -0.352 e.